The van der Waals surface area contributed by atoms with Crippen molar-refractivity contribution in [3.8, 4) is 0 Å². The van der Waals surface area contributed by atoms with E-state index in [1.165, 1.54) is 23.5 Å². The van der Waals surface area contributed by atoms with Crippen LogP contribution >= 0.6 is 7.82 Å². The molecule has 9 atom stereocenters. The summed E-state index contributed by atoms with van der Waals surface area (Å²) in [4.78, 5) is 46.6. The highest BCUT2D eigenvalue weighted by molar-refractivity contribution is 7.47. The summed E-state index contributed by atoms with van der Waals surface area (Å²) < 4.78 is 39.3. The molecule has 0 amide bonds. The molecule has 2 unspecified atom stereocenters. The number of aliphatic hydroxyl groups excluding tert-OH is 2. The normalized spacial score (nSPS) is 35.2. The topological polar surface area (TPSA) is 248 Å². The van der Waals surface area contributed by atoms with Crippen LogP contribution in [0.5, 0.6) is 0 Å². The number of anilines is 1. The molecule has 3 fully saturated rings. The molecule has 0 aromatic carbocycles. The number of ether oxygens (including phenoxy) is 2. The maximum Gasteiger partial charge on any atom is 0.472 e. The van der Waals surface area contributed by atoms with E-state index in [4.69, 9.17) is 24.3 Å². The lowest BCUT2D eigenvalue weighted by molar-refractivity contribution is -0.0568. The fourth-order valence-corrected chi connectivity index (χ4v) is 7.15. The number of aromatic nitrogens is 8. The van der Waals surface area contributed by atoms with Gasteiger partial charge in [0.25, 0.3) is 5.56 Å². The lowest BCUT2D eigenvalue weighted by atomic mass is 9.91. The minimum atomic E-state index is -4.83. The van der Waals surface area contributed by atoms with Crippen molar-refractivity contribution < 1.29 is 38.2 Å². The van der Waals surface area contributed by atoms with Gasteiger partial charge in [-0.05, 0) is 19.3 Å². The Balaban J connectivity index is 1.16. The fraction of sp³-hybridized carbons (Fsp3) is 0.583. The number of phosphoric acid groups is 1. The first-order valence-electron chi connectivity index (χ1n) is 13.9. The summed E-state index contributed by atoms with van der Waals surface area (Å²) in [7, 11) is -4.83. The molecule has 43 heavy (non-hydrogen) atoms. The van der Waals surface area contributed by atoms with Crippen LogP contribution < -0.4 is 11.3 Å². The second kappa shape index (κ2) is 10.7. The van der Waals surface area contributed by atoms with Gasteiger partial charge in [0, 0.05) is 5.92 Å². The lowest BCUT2D eigenvalue weighted by Gasteiger charge is -2.26. The van der Waals surface area contributed by atoms with E-state index in [-0.39, 0.29) is 23.7 Å². The largest absolute Gasteiger partial charge is 0.472 e. The smallest absolute Gasteiger partial charge is 0.388 e. The van der Waals surface area contributed by atoms with Gasteiger partial charge in [-0.3, -0.25) is 28.0 Å². The third kappa shape index (κ3) is 4.83. The summed E-state index contributed by atoms with van der Waals surface area (Å²) in [5.74, 6) is -0.671. The van der Waals surface area contributed by atoms with Crippen LogP contribution in [0.3, 0.4) is 0 Å². The Morgan fingerprint density at radius 3 is 2.56 bits per heavy atom. The Labute approximate surface area is 242 Å². The number of hydrogen-bond acceptors (Lipinski definition) is 14. The van der Waals surface area contributed by atoms with Crippen molar-refractivity contribution in [2.75, 3.05) is 12.3 Å². The van der Waals surface area contributed by atoms with Crippen LogP contribution in [0.1, 0.15) is 44.3 Å². The van der Waals surface area contributed by atoms with Gasteiger partial charge in [-0.1, -0.05) is 13.3 Å². The van der Waals surface area contributed by atoms with Gasteiger partial charge in [-0.2, -0.15) is 4.98 Å². The van der Waals surface area contributed by atoms with Gasteiger partial charge in [0.2, 0.25) is 5.95 Å². The Morgan fingerprint density at radius 1 is 1.02 bits per heavy atom. The van der Waals surface area contributed by atoms with Gasteiger partial charge in [-0.25, -0.2) is 24.5 Å². The molecule has 19 heteroatoms. The fourth-order valence-electron chi connectivity index (χ4n) is 6.22. The zero-order chi connectivity index (χ0) is 30.0. The molecule has 0 radical (unpaired) electrons. The van der Waals surface area contributed by atoms with E-state index in [1.807, 2.05) is 6.92 Å². The zero-order valence-electron chi connectivity index (χ0n) is 22.8. The van der Waals surface area contributed by atoms with E-state index in [0.717, 1.165) is 5.69 Å². The van der Waals surface area contributed by atoms with Crippen LogP contribution in [-0.4, -0.2) is 91.3 Å². The molecule has 6 N–H and O–H groups in total. The molecule has 7 heterocycles. The Bertz CT molecular complexity index is 1780. The number of nitrogens with zero attached hydrogens (tertiary/aromatic N) is 7. The number of aryl methyl sites for hydroxylation is 1. The molecule has 3 aliphatic heterocycles. The number of phosphoric ester groups is 1. The number of aromatic amines is 1. The maximum absolute atomic E-state index is 13.2. The molecule has 4 aromatic rings. The summed E-state index contributed by atoms with van der Waals surface area (Å²) in [5.41, 5.74) is 6.99. The van der Waals surface area contributed by atoms with E-state index < -0.39 is 62.3 Å². The van der Waals surface area contributed by atoms with Gasteiger partial charge >= 0.3 is 7.82 Å². The molecule has 3 aliphatic rings. The SMILES string of the molecule is CCc1ncnc2c1ncn2[C@@H]1O[C@@H]2COP(=O)(O)O[C@@H]3[C@H](O)C(CCC[C@H]2[C@H]1O)O[C@H]3n1cnc2c(=O)[nH]c(N)nc21. The van der Waals surface area contributed by atoms with Crippen molar-refractivity contribution in [2.24, 2.45) is 5.92 Å². The van der Waals surface area contributed by atoms with Gasteiger partial charge in [0.1, 0.15) is 30.2 Å². The van der Waals surface area contributed by atoms with Crippen molar-refractivity contribution in [3.63, 3.8) is 0 Å². The molecule has 230 valence electrons. The van der Waals surface area contributed by atoms with E-state index in [1.54, 1.807) is 4.57 Å². The highest BCUT2D eigenvalue weighted by atomic mass is 31.2. The summed E-state index contributed by atoms with van der Waals surface area (Å²) in [5, 5.41) is 22.5. The molecule has 0 saturated carbocycles. The predicted octanol–water partition coefficient (Wildman–Crippen LogP) is -0.0770. The van der Waals surface area contributed by atoms with E-state index in [2.05, 4.69) is 29.9 Å². The van der Waals surface area contributed by atoms with Gasteiger partial charge < -0.3 is 30.3 Å². The first-order valence-corrected chi connectivity index (χ1v) is 15.4. The highest BCUT2D eigenvalue weighted by Gasteiger charge is 2.51. The van der Waals surface area contributed by atoms with Crippen LogP contribution in [0, 0.1) is 5.92 Å². The van der Waals surface area contributed by atoms with Crippen molar-refractivity contribution in [3.05, 3.63) is 35.0 Å². The van der Waals surface area contributed by atoms with Gasteiger partial charge in [-0.15, -0.1) is 0 Å². The van der Waals surface area contributed by atoms with Crippen molar-refractivity contribution in [1.29, 1.82) is 0 Å². The average molecular weight is 620 g/mol. The van der Waals surface area contributed by atoms with E-state index in [0.29, 0.717) is 36.8 Å². The number of H-pyrrole nitrogens is 1. The van der Waals surface area contributed by atoms with Crippen molar-refractivity contribution in [2.45, 2.75) is 75.6 Å². The highest BCUT2D eigenvalue weighted by Crippen LogP contribution is 2.51. The summed E-state index contributed by atoms with van der Waals surface area (Å²) in [6, 6.07) is 0. The first-order chi connectivity index (χ1) is 20.6. The summed E-state index contributed by atoms with van der Waals surface area (Å²) in [6.45, 7) is 1.57. The minimum absolute atomic E-state index is 0.0348. The van der Waals surface area contributed by atoms with Crippen LogP contribution in [0.15, 0.2) is 23.8 Å². The maximum atomic E-state index is 13.2. The third-order valence-corrected chi connectivity index (χ3v) is 9.27. The molecular formula is C24H30N9O9P. The quantitative estimate of drug-likeness (QED) is 0.188. The standard InChI is InChI=1S/C24H30N9O9P/c1-2-11-14-19(27-7-26-11)32(8-28-14)22-16(34)10-4-3-5-12-17(35)18(42-43(37,38)39-6-13(10)41-22)23(40-12)33-9-29-15-20(33)30-24(25)31-21(15)36/h7-10,12-13,16-18,22-23,34-35H,2-6H2,1H3,(H,37,38)(H3,25,30,31,36)/t10-,12?,13-,16-,17-,18-,22-,23-/m1/s1. The summed E-state index contributed by atoms with van der Waals surface area (Å²) >= 11 is 0. The first kappa shape index (κ1) is 28.4. The number of imidazole rings is 2. The van der Waals surface area contributed by atoms with Crippen molar-refractivity contribution in [1.82, 2.24) is 39.0 Å². The number of nitrogens with one attached hydrogen (secondary N) is 1. The molecule has 2 bridgehead atoms. The van der Waals surface area contributed by atoms with Crippen LogP contribution in [-0.2, 0) is 29.5 Å². The monoisotopic (exact) mass is 619 g/mol. The van der Waals surface area contributed by atoms with Gasteiger partial charge in [0.05, 0.1) is 37.2 Å². The second-order valence-corrected chi connectivity index (χ2v) is 12.2. The zero-order valence-corrected chi connectivity index (χ0v) is 23.7. The molecule has 4 aromatic heterocycles. The minimum Gasteiger partial charge on any atom is -0.388 e. The Hall–Kier alpha value is -3.35. The number of hydrogen-bond donors (Lipinski definition) is 5. The second-order valence-electron chi connectivity index (χ2n) is 10.8. The molecule has 18 nitrogen and oxygen atoms in total. The summed E-state index contributed by atoms with van der Waals surface area (Å²) in [6.07, 6.45) is -1.34. The number of fused-ring (bicyclic) bond motifs is 5. The molecule has 3 saturated heterocycles. The Morgan fingerprint density at radius 2 is 1.77 bits per heavy atom. The van der Waals surface area contributed by atoms with E-state index in [9.17, 15) is 24.5 Å². The lowest BCUT2D eigenvalue weighted by Crippen LogP contribution is -2.35. The van der Waals surface area contributed by atoms with Crippen LogP contribution in [0.4, 0.5) is 5.95 Å². The molecule has 0 spiro atoms. The van der Waals surface area contributed by atoms with Crippen LogP contribution in [0.2, 0.25) is 0 Å². The number of nitrogen functional groups attached to an aromatic ring is 1. The van der Waals surface area contributed by atoms with Crippen molar-refractivity contribution >= 4 is 36.1 Å². The van der Waals surface area contributed by atoms with Gasteiger partial charge in [0.15, 0.2) is 29.3 Å². The molecular weight excluding hydrogens is 589 g/mol. The van der Waals surface area contributed by atoms with E-state index >= 15 is 0 Å². The molecule has 0 aliphatic carbocycles. The molecule has 7 rings (SSSR count). The number of nitrogens with two attached hydrogens (primary N) is 1. The number of rotatable bonds is 3. The number of aliphatic hydroxyl groups is 2. The average Bonchev–Trinajstić information content (AvgIpc) is 3.73. The predicted molar refractivity (Wildman–Crippen MR) is 145 cm³/mol. The Kier molecular flexibility index (Phi) is 7.05. The van der Waals surface area contributed by atoms with Crippen LogP contribution in [0.25, 0.3) is 22.3 Å². The third-order valence-electron chi connectivity index (χ3n) is 8.29.